The van der Waals surface area contributed by atoms with E-state index >= 15 is 0 Å². The van der Waals surface area contributed by atoms with Gasteiger partial charge in [-0.25, -0.2) is 22.0 Å². The van der Waals surface area contributed by atoms with Crippen molar-refractivity contribution in [3.05, 3.63) is 72.8 Å². The molecular weight excluding hydrogens is 892 g/mol. The van der Waals surface area contributed by atoms with Crippen molar-refractivity contribution in [1.82, 2.24) is 0 Å². The van der Waals surface area contributed by atoms with Crippen LogP contribution in [-0.4, -0.2) is 45.1 Å². The second kappa shape index (κ2) is 29.8. The summed E-state index contributed by atoms with van der Waals surface area (Å²) >= 11 is 0. The number of aromatic hydroxyl groups is 3. The first kappa shape index (κ1) is 55.8. The molecule has 3 aromatic carbocycles. The van der Waals surface area contributed by atoms with Gasteiger partial charge in [0.2, 0.25) is 10.0 Å². The molecule has 0 radical (unpaired) electrons. The average molecular weight is 931 g/mol. The zero-order chi connectivity index (χ0) is 31.4. The molecule has 18 heteroatoms. The van der Waals surface area contributed by atoms with Gasteiger partial charge in [0.25, 0.3) is 19.2 Å². The number of primary sulfonamides is 1. The van der Waals surface area contributed by atoms with Crippen LogP contribution in [0, 0.1) is 0 Å². The van der Waals surface area contributed by atoms with Crippen LogP contribution in [0.15, 0.2) is 87.5 Å². The standard InChI is InChI=1S/C6H5ClO3S.C6H7NO3S.C6H6O4S.3C2H6.HI.2Rb.2H/c2*7-11(9,10)6-4-2-1-3-5(6)8;7-5-3-1-2-4-6(5)11(8,9)10;3*1-2;;;;;/h1-4,8H;1-4,8H,(H2,7,9,10);1-4,7H,(H,8,9,10);3*1-2H3;1H;;;;/q;;;;;;;2*+1;2*-1. The molecule has 0 atom stereocenters. The fourth-order valence-corrected chi connectivity index (χ4v) is 4.20. The number of rotatable bonds is 3. The van der Waals surface area contributed by atoms with Crippen molar-refractivity contribution >= 4 is 63.9 Å². The molecule has 234 valence electrons. The number of hydrogen-bond donors (Lipinski definition) is 5. The van der Waals surface area contributed by atoms with E-state index in [0.29, 0.717) is 0 Å². The van der Waals surface area contributed by atoms with Crippen molar-refractivity contribution < 1.29 is 164 Å². The van der Waals surface area contributed by atoms with E-state index in [1.54, 1.807) is 0 Å². The third-order valence-corrected chi connectivity index (χ3v) is 6.67. The number of para-hydroxylation sites is 3. The maximum Gasteiger partial charge on any atom is 1.00 e. The van der Waals surface area contributed by atoms with Crippen LogP contribution in [0.4, 0.5) is 0 Å². The van der Waals surface area contributed by atoms with Crippen molar-refractivity contribution in [2.75, 3.05) is 0 Å². The Balaban J connectivity index is -0.0000000643. The van der Waals surface area contributed by atoms with Crippen LogP contribution in [-0.2, 0) is 29.2 Å². The summed E-state index contributed by atoms with van der Waals surface area (Å²) in [5.74, 6) is -1.10. The van der Waals surface area contributed by atoms with Crippen LogP contribution >= 0.6 is 34.7 Å². The molecular formula is C24H39ClINO10Rb2S3. The number of phenols is 3. The summed E-state index contributed by atoms with van der Waals surface area (Å²) in [6.45, 7) is 12.0. The molecule has 0 fully saturated rings. The first-order valence-electron chi connectivity index (χ1n) is 11.3. The Bertz CT molecular complexity index is 1280. The van der Waals surface area contributed by atoms with Crippen LogP contribution in [0.1, 0.15) is 44.4 Å². The quantitative estimate of drug-likeness (QED) is 0.134. The van der Waals surface area contributed by atoms with Crippen molar-refractivity contribution in [2.45, 2.75) is 56.2 Å². The maximum absolute atomic E-state index is 10.7. The minimum absolute atomic E-state index is 0. The first-order chi connectivity index (χ1) is 18.0. The van der Waals surface area contributed by atoms with E-state index in [1.165, 1.54) is 66.7 Å². The van der Waals surface area contributed by atoms with Crippen LogP contribution in [0.25, 0.3) is 0 Å². The van der Waals surface area contributed by atoms with Gasteiger partial charge in [-0.15, -0.1) is 24.0 Å². The van der Waals surface area contributed by atoms with E-state index in [0.717, 1.165) is 6.07 Å². The van der Waals surface area contributed by atoms with E-state index in [9.17, 15) is 25.3 Å². The topological polar surface area (TPSA) is 209 Å². The maximum atomic E-state index is 10.7. The molecule has 0 saturated heterocycles. The van der Waals surface area contributed by atoms with Gasteiger partial charge >= 0.3 is 116 Å². The van der Waals surface area contributed by atoms with E-state index in [2.05, 4.69) is 0 Å². The number of sulfonamides is 1. The van der Waals surface area contributed by atoms with Gasteiger partial charge in [-0.3, -0.25) is 4.55 Å². The zero-order valence-corrected chi connectivity index (χ0v) is 40.1. The number of phenolic OH excluding ortho intramolecular Hbond substituents is 3. The molecule has 0 saturated carbocycles. The summed E-state index contributed by atoms with van der Waals surface area (Å²) in [7, 11) is -6.90. The van der Waals surface area contributed by atoms with Crippen molar-refractivity contribution in [1.29, 1.82) is 0 Å². The van der Waals surface area contributed by atoms with Gasteiger partial charge in [0.05, 0.1) is 0 Å². The fourth-order valence-electron chi connectivity index (χ4n) is 2.04. The summed E-state index contributed by atoms with van der Waals surface area (Å²) in [6.07, 6.45) is 0. The molecule has 0 aromatic heterocycles. The van der Waals surface area contributed by atoms with E-state index < -0.39 is 39.8 Å². The minimum Gasteiger partial charge on any atom is -1.00 e. The number of benzene rings is 3. The molecule has 0 amide bonds. The zero-order valence-electron chi connectivity index (χ0n) is 26.8. The number of nitrogens with two attached hydrogens (primary N) is 1. The molecule has 0 aliphatic rings. The Morgan fingerprint density at radius 2 is 0.810 bits per heavy atom. The van der Waals surface area contributed by atoms with Crippen molar-refractivity contribution in [3.8, 4) is 17.2 Å². The van der Waals surface area contributed by atoms with Crippen molar-refractivity contribution in [3.63, 3.8) is 0 Å². The van der Waals surface area contributed by atoms with E-state index in [-0.39, 0.29) is 164 Å². The Hall–Kier alpha value is 1.46. The van der Waals surface area contributed by atoms with E-state index in [1.807, 2.05) is 41.5 Å². The third-order valence-electron chi connectivity index (χ3n) is 3.44. The molecule has 0 heterocycles. The van der Waals surface area contributed by atoms with Gasteiger partial charge in [-0.1, -0.05) is 77.9 Å². The average Bonchev–Trinajstić information content (AvgIpc) is 2.87. The number of halogens is 2. The van der Waals surface area contributed by atoms with Gasteiger partial charge in [0.15, 0.2) is 0 Å². The first-order valence-corrected chi connectivity index (χ1v) is 16.6. The second-order valence-electron chi connectivity index (χ2n) is 5.86. The fraction of sp³-hybridized carbons (Fsp3) is 0.250. The summed E-state index contributed by atoms with van der Waals surface area (Å²) < 4.78 is 72.0. The molecule has 0 unspecified atom stereocenters. The molecule has 0 spiro atoms. The summed E-state index contributed by atoms with van der Waals surface area (Å²) in [6, 6.07) is 16.2. The van der Waals surface area contributed by atoms with Gasteiger partial charge in [0, 0.05) is 10.7 Å². The van der Waals surface area contributed by atoms with Gasteiger partial charge in [0.1, 0.15) is 31.9 Å². The second-order valence-corrected chi connectivity index (χ2v) is 11.3. The smallest absolute Gasteiger partial charge is 1.00 e. The Morgan fingerprint density at radius 3 is 0.952 bits per heavy atom. The Morgan fingerprint density at radius 1 is 0.571 bits per heavy atom. The molecule has 42 heavy (non-hydrogen) atoms. The molecule has 0 bridgehead atoms. The monoisotopic (exact) mass is 929 g/mol. The van der Waals surface area contributed by atoms with Gasteiger partial charge in [-0.05, 0) is 36.4 Å². The molecule has 0 aliphatic heterocycles. The predicted molar refractivity (Wildman–Crippen MR) is 170 cm³/mol. The largest absolute Gasteiger partial charge is 1.00 e. The molecule has 0 aliphatic carbocycles. The summed E-state index contributed by atoms with van der Waals surface area (Å²) in [4.78, 5) is -0.985. The Kier molecular flexibility index (Phi) is 39.7. The predicted octanol–water partition coefficient (Wildman–Crippen LogP) is -0.0722. The number of hydrogen-bond acceptors (Lipinski definition) is 9. The summed E-state index contributed by atoms with van der Waals surface area (Å²) in [5, 5.41) is 31.6. The van der Waals surface area contributed by atoms with E-state index in [4.69, 9.17) is 35.7 Å². The molecule has 3 aromatic rings. The van der Waals surface area contributed by atoms with Gasteiger partial charge in [-0.2, -0.15) is 8.42 Å². The van der Waals surface area contributed by atoms with Crippen LogP contribution in [0.2, 0.25) is 0 Å². The van der Waals surface area contributed by atoms with Crippen LogP contribution < -0.4 is 122 Å². The summed E-state index contributed by atoms with van der Waals surface area (Å²) in [5.41, 5.74) is 0. The van der Waals surface area contributed by atoms with Crippen LogP contribution in [0.3, 0.4) is 0 Å². The molecule has 11 nitrogen and oxygen atoms in total. The normalized spacial score (nSPS) is 9.36. The van der Waals surface area contributed by atoms with Gasteiger partial charge < -0.3 is 18.2 Å². The minimum atomic E-state index is -4.28. The SMILES string of the molecule is CC.CC.CC.I.NS(=O)(=O)c1ccccc1O.O=S(=O)(Cl)c1ccccc1O.O=S(=O)(O)c1ccccc1O.[H-].[H-].[Rb+].[Rb+]. The molecule has 3 rings (SSSR count). The third kappa shape index (κ3) is 24.7. The van der Waals surface area contributed by atoms with Crippen LogP contribution in [0.5, 0.6) is 17.2 Å². The molecule has 6 N–H and O–H groups in total. The van der Waals surface area contributed by atoms with Crippen molar-refractivity contribution in [2.24, 2.45) is 5.14 Å². The Labute approximate surface area is 372 Å².